The fraction of sp³-hybridized carbons (Fsp3) is 0.231. The van der Waals surface area contributed by atoms with Crippen molar-refractivity contribution >= 4 is 23.5 Å². The second-order valence-electron chi connectivity index (χ2n) is 3.39. The second kappa shape index (κ2) is 7.48. The SMILES string of the molecule is CCCN=C(C=Cc1ccc(Cl)cc1)NC#N. The number of nitrogens with zero attached hydrogens (tertiary/aromatic N) is 2. The van der Waals surface area contributed by atoms with Crippen molar-refractivity contribution in [3.05, 3.63) is 40.9 Å². The molecule has 0 saturated carbocycles. The minimum absolute atomic E-state index is 0.573. The minimum Gasteiger partial charge on any atom is -0.277 e. The van der Waals surface area contributed by atoms with Crippen LogP contribution in [0.15, 0.2) is 35.3 Å². The van der Waals surface area contributed by atoms with Gasteiger partial charge in [0.15, 0.2) is 6.19 Å². The first-order chi connectivity index (χ1) is 8.26. The lowest BCUT2D eigenvalue weighted by Crippen LogP contribution is -2.15. The maximum Gasteiger partial charge on any atom is 0.182 e. The third kappa shape index (κ3) is 5.19. The molecule has 0 bridgehead atoms. The number of benzene rings is 1. The molecule has 0 aliphatic rings. The van der Waals surface area contributed by atoms with E-state index in [1.807, 2.05) is 43.5 Å². The van der Waals surface area contributed by atoms with Crippen molar-refractivity contribution in [2.75, 3.05) is 6.54 Å². The van der Waals surface area contributed by atoms with Crippen molar-refractivity contribution in [2.24, 2.45) is 4.99 Å². The first kappa shape index (κ1) is 13.3. The number of amidine groups is 1. The molecular formula is C13H14ClN3. The van der Waals surface area contributed by atoms with Gasteiger partial charge in [0.2, 0.25) is 0 Å². The summed E-state index contributed by atoms with van der Waals surface area (Å²) >= 11 is 5.79. The van der Waals surface area contributed by atoms with E-state index in [4.69, 9.17) is 16.9 Å². The Balaban J connectivity index is 2.72. The van der Waals surface area contributed by atoms with E-state index >= 15 is 0 Å². The summed E-state index contributed by atoms with van der Waals surface area (Å²) in [6.45, 7) is 2.74. The summed E-state index contributed by atoms with van der Waals surface area (Å²) in [4.78, 5) is 4.23. The van der Waals surface area contributed by atoms with Crippen LogP contribution in [0.5, 0.6) is 0 Å². The molecule has 0 spiro atoms. The summed E-state index contributed by atoms with van der Waals surface area (Å²) in [5.41, 5.74) is 1.01. The summed E-state index contributed by atoms with van der Waals surface area (Å²) in [7, 11) is 0. The van der Waals surface area contributed by atoms with Gasteiger partial charge in [-0.15, -0.1) is 0 Å². The van der Waals surface area contributed by atoms with Crippen molar-refractivity contribution in [1.29, 1.82) is 5.26 Å². The minimum atomic E-state index is 0.573. The van der Waals surface area contributed by atoms with Gasteiger partial charge in [-0.2, -0.15) is 5.26 Å². The van der Waals surface area contributed by atoms with Gasteiger partial charge in [0.05, 0.1) is 0 Å². The van der Waals surface area contributed by atoms with E-state index in [1.165, 1.54) is 0 Å². The molecule has 0 saturated heterocycles. The summed E-state index contributed by atoms with van der Waals surface area (Å²) in [6, 6.07) is 7.45. The molecule has 0 heterocycles. The largest absolute Gasteiger partial charge is 0.277 e. The number of nitrogens with one attached hydrogen (secondary N) is 1. The highest BCUT2D eigenvalue weighted by atomic mass is 35.5. The number of rotatable bonds is 4. The highest BCUT2D eigenvalue weighted by molar-refractivity contribution is 6.30. The van der Waals surface area contributed by atoms with Crippen LogP contribution in [0.4, 0.5) is 0 Å². The third-order valence-electron chi connectivity index (χ3n) is 1.99. The zero-order valence-electron chi connectivity index (χ0n) is 9.65. The highest BCUT2D eigenvalue weighted by Crippen LogP contribution is 2.10. The Bertz CT molecular complexity index is 441. The van der Waals surface area contributed by atoms with Crippen molar-refractivity contribution in [1.82, 2.24) is 5.32 Å². The molecule has 0 aromatic heterocycles. The van der Waals surface area contributed by atoms with Crippen LogP contribution in [-0.4, -0.2) is 12.4 Å². The third-order valence-corrected chi connectivity index (χ3v) is 2.25. The van der Waals surface area contributed by atoms with Crippen LogP contribution in [0.1, 0.15) is 18.9 Å². The standard InChI is InChI=1S/C13H14ClN3/c1-2-9-16-13(17-10-15)8-5-11-3-6-12(14)7-4-11/h3-8H,2,9H2,1H3,(H,16,17). The van der Waals surface area contributed by atoms with Crippen molar-refractivity contribution in [3.63, 3.8) is 0 Å². The summed E-state index contributed by atoms with van der Waals surface area (Å²) in [5.74, 6) is 0.573. The summed E-state index contributed by atoms with van der Waals surface area (Å²) in [5, 5.41) is 11.8. The number of halogens is 1. The number of aliphatic imine (C=N–C) groups is 1. The van der Waals surface area contributed by atoms with Crippen molar-refractivity contribution in [3.8, 4) is 6.19 Å². The zero-order valence-corrected chi connectivity index (χ0v) is 10.4. The molecule has 0 unspecified atom stereocenters. The van der Waals surface area contributed by atoms with Crippen LogP contribution in [-0.2, 0) is 0 Å². The molecule has 4 heteroatoms. The molecule has 0 amide bonds. The Morgan fingerprint density at radius 1 is 1.47 bits per heavy atom. The first-order valence-corrected chi connectivity index (χ1v) is 5.77. The van der Waals surface area contributed by atoms with Crippen molar-refractivity contribution < 1.29 is 0 Å². The predicted molar refractivity (Wildman–Crippen MR) is 71.8 cm³/mol. The zero-order chi connectivity index (χ0) is 12.5. The fourth-order valence-electron chi connectivity index (χ4n) is 1.17. The van der Waals surface area contributed by atoms with Crippen LogP contribution in [0, 0.1) is 11.5 Å². The second-order valence-corrected chi connectivity index (χ2v) is 3.83. The molecule has 1 N–H and O–H groups in total. The van der Waals surface area contributed by atoms with Gasteiger partial charge >= 0.3 is 0 Å². The average Bonchev–Trinajstić information content (AvgIpc) is 2.35. The van der Waals surface area contributed by atoms with Crippen LogP contribution < -0.4 is 5.32 Å². The quantitative estimate of drug-likeness (QED) is 0.384. The lowest BCUT2D eigenvalue weighted by molar-refractivity contribution is 0.926. The maximum absolute atomic E-state index is 8.58. The van der Waals surface area contributed by atoms with Gasteiger partial charge in [-0.1, -0.05) is 36.7 Å². The van der Waals surface area contributed by atoms with Gasteiger partial charge in [-0.05, 0) is 30.2 Å². The Kier molecular flexibility index (Phi) is 5.84. The highest BCUT2D eigenvalue weighted by Gasteiger charge is 1.92. The number of hydrogen-bond donors (Lipinski definition) is 1. The molecule has 0 atom stereocenters. The van der Waals surface area contributed by atoms with Gasteiger partial charge in [0.25, 0.3) is 0 Å². The smallest absolute Gasteiger partial charge is 0.182 e. The van der Waals surface area contributed by atoms with Crippen LogP contribution in [0.25, 0.3) is 6.08 Å². The Hall–Kier alpha value is -1.79. The Morgan fingerprint density at radius 3 is 2.76 bits per heavy atom. The lowest BCUT2D eigenvalue weighted by Gasteiger charge is -1.97. The molecule has 88 valence electrons. The number of hydrogen-bond acceptors (Lipinski definition) is 2. The summed E-state index contributed by atoms with van der Waals surface area (Å²) in [6.07, 6.45) is 6.48. The van der Waals surface area contributed by atoms with Crippen LogP contribution >= 0.6 is 11.6 Å². The number of nitriles is 1. The van der Waals surface area contributed by atoms with Crippen molar-refractivity contribution in [2.45, 2.75) is 13.3 Å². The molecular weight excluding hydrogens is 234 g/mol. The Labute approximate surface area is 106 Å². The van der Waals surface area contributed by atoms with E-state index < -0.39 is 0 Å². The van der Waals surface area contributed by atoms with E-state index in [-0.39, 0.29) is 0 Å². The van der Waals surface area contributed by atoms with Gasteiger partial charge in [-0.3, -0.25) is 10.3 Å². The molecule has 0 aliphatic carbocycles. The Morgan fingerprint density at radius 2 is 2.18 bits per heavy atom. The van der Waals surface area contributed by atoms with Crippen LogP contribution in [0.2, 0.25) is 5.02 Å². The normalized spacial score (nSPS) is 11.5. The molecule has 1 aromatic carbocycles. The molecule has 0 fully saturated rings. The van der Waals surface area contributed by atoms with Gasteiger partial charge in [0, 0.05) is 11.6 Å². The van der Waals surface area contributed by atoms with E-state index in [9.17, 15) is 0 Å². The van der Waals surface area contributed by atoms with E-state index in [1.54, 1.807) is 6.08 Å². The van der Waals surface area contributed by atoms with E-state index in [2.05, 4.69) is 10.3 Å². The van der Waals surface area contributed by atoms with Gasteiger partial charge in [0.1, 0.15) is 5.84 Å². The molecule has 1 rings (SSSR count). The molecule has 0 radical (unpaired) electrons. The lowest BCUT2D eigenvalue weighted by atomic mass is 10.2. The topological polar surface area (TPSA) is 48.2 Å². The predicted octanol–water partition coefficient (Wildman–Crippen LogP) is 3.23. The maximum atomic E-state index is 8.58. The fourth-order valence-corrected chi connectivity index (χ4v) is 1.30. The van der Waals surface area contributed by atoms with Gasteiger partial charge < -0.3 is 0 Å². The van der Waals surface area contributed by atoms with Gasteiger partial charge in [-0.25, -0.2) is 0 Å². The molecule has 1 aromatic rings. The molecule has 3 nitrogen and oxygen atoms in total. The summed E-state index contributed by atoms with van der Waals surface area (Å²) < 4.78 is 0. The first-order valence-electron chi connectivity index (χ1n) is 5.39. The van der Waals surface area contributed by atoms with E-state index in [0.29, 0.717) is 17.4 Å². The molecule has 17 heavy (non-hydrogen) atoms. The average molecular weight is 248 g/mol. The van der Waals surface area contributed by atoms with E-state index in [0.717, 1.165) is 12.0 Å². The monoisotopic (exact) mass is 247 g/mol. The van der Waals surface area contributed by atoms with Crippen LogP contribution in [0.3, 0.4) is 0 Å². The molecule has 0 aliphatic heterocycles.